The maximum Gasteiger partial charge on any atom is 0.255 e. The summed E-state index contributed by atoms with van der Waals surface area (Å²) < 4.78 is 23.5. The van der Waals surface area contributed by atoms with Gasteiger partial charge in [-0.15, -0.1) is 0 Å². The van der Waals surface area contributed by atoms with E-state index in [0.29, 0.717) is 0 Å². The first-order valence-corrected chi connectivity index (χ1v) is 3.87. The second-order valence-corrected chi connectivity index (χ2v) is 2.57. The summed E-state index contributed by atoms with van der Waals surface area (Å²) in [5, 5.41) is 2.40. The van der Waals surface area contributed by atoms with E-state index in [9.17, 15) is 13.6 Å². The van der Waals surface area contributed by atoms with Gasteiger partial charge in [0.15, 0.2) is 0 Å². The van der Waals surface area contributed by atoms with Gasteiger partial charge in [-0.05, 0) is 12.1 Å². The van der Waals surface area contributed by atoms with Crippen LogP contribution in [0.3, 0.4) is 0 Å². The number of primary amides is 1. The Morgan fingerprint density at radius 2 is 2.29 bits per heavy atom. The van der Waals surface area contributed by atoms with Gasteiger partial charge in [-0.3, -0.25) is 4.79 Å². The Morgan fingerprint density at radius 3 is 2.71 bits per heavy atom. The summed E-state index contributed by atoms with van der Waals surface area (Å²) in [6.07, 6.45) is -1.21. The highest BCUT2D eigenvalue weighted by Crippen LogP contribution is 2.05. The van der Waals surface area contributed by atoms with E-state index in [1.165, 1.54) is 18.3 Å². The molecule has 0 saturated heterocycles. The quantitative estimate of drug-likeness (QED) is 0.759. The number of halogens is 2. The third-order valence-corrected chi connectivity index (χ3v) is 1.49. The van der Waals surface area contributed by atoms with Crippen LogP contribution in [0.2, 0.25) is 0 Å². The van der Waals surface area contributed by atoms with E-state index in [4.69, 9.17) is 5.73 Å². The lowest BCUT2D eigenvalue weighted by molar-refractivity contribution is 0.1000. The Kier molecular flexibility index (Phi) is 3.33. The molecule has 6 heteroatoms. The number of hydrogen-bond acceptors (Lipinski definition) is 3. The molecular formula is C8H9F2N3O. The number of amides is 1. The van der Waals surface area contributed by atoms with Gasteiger partial charge in [0.25, 0.3) is 6.43 Å². The van der Waals surface area contributed by atoms with Crippen LogP contribution in [0.4, 0.5) is 14.6 Å². The molecular weight excluding hydrogens is 192 g/mol. The molecule has 1 heterocycles. The second-order valence-electron chi connectivity index (χ2n) is 2.57. The first-order valence-electron chi connectivity index (χ1n) is 3.87. The van der Waals surface area contributed by atoms with Gasteiger partial charge in [0.2, 0.25) is 5.91 Å². The van der Waals surface area contributed by atoms with E-state index in [1.807, 2.05) is 0 Å². The Hall–Kier alpha value is -1.72. The molecule has 0 aliphatic rings. The minimum Gasteiger partial charge on any atom is -0.366 e. The van der Waals surface area contributed by atoms with Gasteiger partial charge in [0, 0.05) is 6.20 Å². The highest BCUT2D eigenvalue weighted by molar-refractivity contribution is 5.92. The summed E-state index contributed by atoms with van der Waals surface area (Å²) in [5.41, 5.74) is 5.21. The molecule has 0 spiro atoms. The van der Waals surface area contributed by atoms with Crippen molar-refractivity contribution in [3.63, 3.8) is 0 Å². The zero-order chi connectivity index (χ0) is 10.6. The molecule has 14 heavy (non-hydrogen) atoms. The molecule has 1 aromatic rings. The molecule has 0 aliphatic carbocycles. The molecule has 4 nitrogen and oxygen atoms in total. The molecule has 0 saturated carbocycles. The van der Waals surface area contributed by atoms with Crippen LogP contribution in [-0.4, -0.2) is 23.9 Å². The summed E-state index contributed by atoms with van der Waals surface area (Å²) in [7, 11) is 0. The van der Waals surface area contributed by atoms with E-state index >= 15 is 0 Å². The van der Waals surface area contributed by atoms with Crippen LogP contribution < -0.4 is 11.1 Å². The molecule has 0 unspecified atom stereocenters. The van der Waals surface area contributed by atoms with E-state index in [0.717, 1.165) is 0 Å². The van der Waals surface area contributed by atoms with Crippen LogP contribution in [0.5, 0.6) is 0 Å². The van der Waals surface area contributed by atoms with Crippen molar-refractivity contribution in [2.75, 3.05) is 11.9 Å². The largest absolute Gasteiger partial charge is 0.366 e. The molecule has 76 valence electrons. The Balaban J connectivity index is 2.60. The van der Waals surface area contributed by atoms with Crippen LogP contribution in [0, 0.1) is 0 Å². The number of pyridine rings is 1. The summed E-state index contributed by atoms with van der Waals surface area (Å²) in [4.78, 5) is 14.3. The van der Waals surface area contributed by atoms with Crippen molar-refractivity contribution in [3.05, 3.63) is 23.9 Å². The molecule has 0 fully saturated rings. The zero-order valence-electron chi connectivity index (χ0n) is 7.21. The molecule has 0 aliphatic heterocycles. The number of nitrogens with one attached hydrogen (secondary N) is 1. The maximum absolute atomic E-state index is 11.8. The fourth-order valence-electron chi connectivity index (χ4n) is 0.826. The van der Waals surface area contributed by atoms with Gasteiger partial charge < -0.3 is 11.1 Å². The summed E-state index contributed by atoms with van der Waals surface area (Å²) in [5.74, 6) is -0.312. The molecule has 0 bridgehead atoms. The van der Waals surface area contributed by atoms with Crippen molar-refractivity contribution in [1.82, 2.24) is 4.98 Å². The highest BCUT2D eigenvalue weighted by atomic mass is 19.3. The van der Waals surface area contributed by atoms with E-state index in [1.54, 1.807) is 0 Å². The van der Waals surface area contributed by atoms with Gasteiger partial charge in [0.1, 0.15) is 5.82 Å². The molecule has 0 atom stereocenters. The van der Waals surface area contributed by atoms with Gasteiger partial charge in [-0.25, -0.2) is 13.8 Å². The number of aromatic nitrogens is 1. The predicted octanol–water partition coefficient (Wildman–Crippen LogP) is 0.857. The van der Waals surface area contributed by atoms with Crippen molar-refractivity contribution in [2.45, 2.75) is 6.43 Å². The van der Waals surface area contributed by atoms with E-state index in [2.05, 4.69) is 10.3 Å². The zero-order valence-corrected chi connectivity index (χ0v) is 7.21. The van der Waals surface area contributed by atoms with Crippen molar-refractivity contribution in [1.29, 1.82) is 0 Å². The van der Waals surface area contributed by atoms with Crippen LogP contribution in [0.25, 0.3) is 0 Å². The normalized spacial score (nSPS) is 10.2. The van der Waals surface area contributed by atoms with E-state index in [-0.39, 0.29) is 11.4 Å². The smallest absolute Gasteiger partial charge is 0.255 e. The van der Waals surface area contributed by atoms with Crippen LogP contribution in [0.15, 0.2) is 18.3 Å². The summed E-state index contributed by atoms with van der Waals surface area (Å²) in [6.45, 7) is -0.469. The van der Waals surface area contributed by atoms with Crippen LogP contribution in [0.1, 0.15) is 10.4 Å². The van der Waals surface area contributed by atoms with Gasteiger partial charge in [0.05, 0.1) is 12.1 Å². The number of nitrogens with two attached hydrogens (primary N) is 1. The minimum absolute atomic E-state index is 0.243. The number of carbonyl (C=O) groups is 1. The number of anilines is 1. The summed E-state index contributed by atoms with van der Waals surface area (Å²) >= 11 is 0. The predicted molar refractivity (Wildman–Crippen MR) is 47.2 cm³/mol. The Labute approximate surface area is 79.1 Å². The standard InChI is InChI=1S/C8H9F2N3O/c9-6(10)4-13-7-2-1-5(3-12-7)8(11)14/h1-3,6H,4H2,(H2,11,14)(H,12,13). The molecule has 1 amide bonds. The lowest BCUT2D eigenvalue weighted by Crippen LogP contribution is -2.13. The average molecular weight is 201 g/mol. The van der Waals surface area contributed by atoms with Crippen LogP contribution >= 0.6 is 0 Å². The second kappa shape index (κ2) is 4.50. The van der Waals surface area contributed by atoms with Crippen molar-refractivity contribution >= 4 is 11.7 Å². The lowest BCUT2D eigenvalue weighted by atomic mass is 10.3. The minimum atomic E-state index is -2.44. The van der Waals surface area contributed by atoms with Crippen LogP contribution in [-0.2, 0) is 0 Å². The fraction of sp³-hybridized carbons (Fsp3) is 0.250. The third-order valence-electron chi connectivity index (χ3n) is 1.49. The number of alkyl halides is 2. The Morgan fingerprint density at radius 1 is 1.57 bits per heavy atom. The topological polar surface area (TPSA) is 68.0 Å². The van der Waals surface area contributed by atoms with Gasteiger partial charge in [-0.1, -0.05) is 0 Å². The molecule has 0 aromatic carbocycles. The first kappa shape index (κ1) is 10.4. The average Bonchev–Trinajstić information content (AvgIpc) is 2.15. The fourth-order valence-corrected chi connectivity index (χ4v) is 0.826. The van der Waals surface area contributed by atoms with Gasteiger partial charge in [-0.2, -0.15) is 0 Å². The molecule has 1 rings (SSSR count). The van der Waals surface area contributed by atoms with Crippen molar-refractivity contribution in [3.8, 4) is 0 Å². The number of nitrogens with zero attached hydrogens (tertiary/aromatic N) is 1. The van der Waals surface area contributed by atoms with Crippen molar-refractivity contribution in [2.24, 2.45) is 5.73 Å². The molecule has 3 N–H and O–H groups in total. The summed E-state index contributed by atoms with van der Waals surface area (Å²) in [6, 6.07) is 2.84. The SMILES string of the molecule is NC(=O)c1ccc(NCC(F)F)nc1. The van der Waals surface area contributed by atoms with Gasteiger partial charge >= 0.3 is 0 Å². The number of hydrogen-bond donors (Lipinski definition) is 2. The first-order chi connectivity index (χ1) is 6.59. The molecule has 1 aromatic heterocycles. The number of carbonyl (C=O) groups excluding carboxylic acids is 1. The van der Waals surface area contributed by atoms with E-state index < -0.39 is 18.9 Å². The third kappa shape index (κ3) is 2.96. The molecule has 0 radical (unpaired) electrons. The van der Waals surface area contributed by atoms with Crippen molar-refractivity contribution < 1.29 is 13.6 Å². The maximum atomic E-state index is 11.8. The Bertz CT molecular complexity index is 313. The number of rotatable bonds is 4. The highest BCUT2D eigenvalue weighted by Gasteiger charge is 2.03. The monoisotopic (exact) mass is 201 g/mol. The lowest BCUT2D eigenvalue weighted by Gasteiger charge is -2.04.